The smallest absolute Gasteiger partial charge is 0.151 e. The molecule has 4 heteroatoms. The topological polar surface area (TPSA) is 42.4 Å². The molecule has 0 radical (unpaired) electrons. The third kappa shape index (κ3) is 5.35. The first-order valence-corrected chi connectivity index (χ1v) is 11.6. The van der Waals surface area contributed by atoms with Gasteiger partial charge in [0, 0.05) is 31.1 Å². The summed E-state index contributed by atoms with van der Waals surface area (Å²) in [7, 11) is 0. The number of carbonyl (C=O) groups is 1. The number of benzene rings is 1. The highest BCUT2D eigenvalue weighted by atomic mass is 16.5. The van der Waals surface area contributed by atoms with Crippen molar-refractivity contribution in [2.45, 2.75) is 70.4 Å². The lowest BCUT2D eigenvalue weighted by atomic mass is 9.95. The predicted molar refractivity (Wildman–Crippen MR) is 120 cm³/mol. The van der Waals surface area contributed by atoms with E-state index in [9.17, 15) is 4.79 Å². The van der Waals surface area contributed by atoms with Crippen LogP contribution in [0.15, 0.2) is 42.5 Å². The molecule has 0 bridgehead atoms. The number of ketones is 1. The number of likely N-dealkylation sites (tertiary alicyclic amines) is 1. The third-order valence-electron chi connectivity index (χ3n) is 6.46. The summed E-state index contributed by atoms with van der Waals surface area (Å²) in [5.41, 5.74) is 5.11. The second kappa shape index (κ2) is 10.3. The monoisotopic (exact) mass is 406 g/mol. The number of aromatic nitrogens is 1. The number of carbonyl (C=O) groups excluding carboxylic acids is 1. The van der Waals surface area contributed by atoms with Crippen LogP contribution in [-0.4, -0.2) is 41.5 Å². The molecular formula is C26H34N2O2. The van der Waals surface area contributed by atoms with Gasteiger partial charge in [0.15, 0.2) is 5.78 Å². The summed E-state index contributed by atoms with van der Waals surface area (Å²) in [5.74, 6) is 0.208. The van der Waals surface area contributed by atoms with E-state index in [0.29, 0.717) is 0 Å². The number of pyridine rings is 1. The first kappa shape index (κ1) is 21.2. The number of hydrogen-bond donors (Lipinski definition) is 0. The van der Waals surface area contributed by atoms with Gasteiger partial charge in [0.1, 0.15) is 0 Å². The Morgan fingerprint density at radius 3 is 2.80 bits per heavy atom. The number of nitrogens with zero attached hydrogens (tertiary/aromatic N) is 2. The molecule has 4 nitrogen and oxygen atoms in total. The molecule has 4 rings (SSSR count). The highest BCUT2D eigenvalue weighted by Crippen LogP contribution is 2.27. The predicted octanol–water partition coefficient (Wildman–Crippen LogP) is 4.70. The highest BCUT2D eigenvalue weighted by Gasteiger charge is 2.32. The normalized spacial score (nSPS) is 20.1. The molecule has 0 N–H and O–H groups in total. The Labute approximate surface area is 180 Å². The Morgan fingerprint density at radius 1 is 1.13 bits per heavy atom. The first-order chi connectivity index (χ1) is 14.7. The number of unbranched alkanes of at least 4 members (excludes halogenated alkanes) is 1. The maximum absolute atomic E-state index is 12.3. The Balaban J connectivity index is 1.19. The molecule has 2 atom stereocenters. The molecular weight excluding hydrogens is 372 g/mol. The van der Waals surface area contributed by atoms with Crippen molar-refractivity contribution in [3.8, 4) is 0 Å². The number of rotatable bonds is 9. The van der Waals surface area contributed by atoms with Gasteiger partial charge in [-0.05, 0) is 75.5 Å². The van der Waals surface area contributed by atoms with Crippen LogP contribution in [0.1, 0.15) is 67.6 Å². The van der Waals surface area contributed by atoms with Crippen molar-refractivity contribution in [1.82, 2.24) is 9.88 Å². The quantitative estimate of drug-likeness (QED) is 0.566. The van der Waals surface area contributed by atoms with E-state index in [1.54, 1.807) is 6.92 Å². The number of ether oxygens (including phenoxy) is 1. The van der Waals surface area contributed by atoms with Gasteiger partial charge in [-0.3, -0.25) is 14.7 Å². The van der Waals surface area contributed by atoms with Crippen molar-refractivity contribution in [3.63, 3.8) is 0 Å². The van der Waals surface area contributed by atoms with Crippen LogP contribution in [0.25, 0.3) is 0 Å². The average Bonchev–Trinajstić information content (AvgIpc) is 3.22. The molecule has 1 aliphatic carbocycles. The van der Waals surface area contributed by atoms with Crippen LogP contribution in [0.5, 0.6) is 0 Å². The van der Waals surface area contributed by atoms with Gasteiger partial charge in [-0.15, -0.1) is 0 Å². The molecule has 0 spiro atoms. The van der Waals surface area contributed by atoms with E-state index in [0.717, 1.165) is 57.4 Å². The number of Topliss-reactive ketones (excluding diaryl/α,β-unsaturated/α-hetero) is 1. The third-order valence-corrected chi connectivity index (χ3v) is 6.46. The summed E-state index contributed by atoms with van der Waals surface area (Å²) in [5, 5.41) is 0. The zero-order valence-electron chi connectivity index (χ0n) is 18.2. The second-order valence-electron chi connectivity index (χ2n) is 8.77. The van der Waals surface area contributed by atoms with Gasteiger partial charge >= 0.3 is 0 Å². The summed E-state index contributed by atoms with van der Waals surface area (Å²) in [4.78, 5) is 19.4. The van der Waals surface area contributed by atoms with E-state index in [1.165, 1.54) is 36.2 Å². The van der Waals surface area contributed by atoms with Crippen LogP contribution in [0.2, 0.25) is 0 Å². The fourth-order valence-corrected chi connectivity index (χ4v) is 4.89. The van der Waals surface area contributed by atoms with Crippen molar-refractivity contribution in [1.29, 1.82) is 0 Å². The largest absolute Gasteiger partial charge is 0.377 e. The zero-order valence-corrected chi connectivity index (χ0v) is 18.2. The van der Waals surface area contributed by atoms with Crippen LogP contribution in [0.4, 0.5) is 0 Å². The van der Waals surface area contributed by atoms with E-state index in [2.05, 4.69) is 29.2 Å². The number of fused-ring (bicyclic) bond motifs is 1. The molecule has 160 valence electrons. The lowest BCUT2D eigenvalue weighted by Crippen LogP contribution is -2.32. The van der Waals surface area contributed by atoms with Crippen LogP contribution in [-0.2, 0) is 28.8 Å². The average molecular weight is 407 g/mol. The lowest BCUT2D eigenvalue weighted by molar-refractivity contribution is -0.122. The molecule has 1 aromatic carbocycles. The maximum Gasteiger partial charge on any atom is 0.151 e. The summed E-state index contributed by atoms with van der Waals surface area (Å²) >= 11 is 0. The van der Waals surface area contributed by atoms with Gasteiger partial charge in [-0.1, -0.05) is 36.4 Å². The van der Waals surface area contributed by atoms with Crippen LogP contribution in [0, 0.1) is 0 Å². The van der Waals surface area contributed by atoms with E-state index < -0.39 is 0 Å². The molecule has 0 unspecified atom stereocenters. The molecule has 2 aromatic rings. The van der Waals surface area contributed by atoms with Gasteiger partial charge in [-0.25, -0.2) is 0 Å². The van der Waals surface area contributed by atoms with Gasteiger partial charge in [0.05, 0.1) is 12.1 Å². The summed E-state index contributed by atoms with van der Waals surface area (Å²) < 4.78 is 6.15. The van der Waals surface area contributed by atoms with Gasteiger partial charge in [-0.2, -0.15) is 0 Å². The van der Waals surface area contributed by atoms with Crippen LogP contribution in [0.3, 0.4) is 0 Å². The molecule has 1 fully saturated rings. The SMILES string of the molecule is CC(=O)[C@@H](c1ccccc1)N1CC[C@@H](OCCCCc2ccc3c(n2)CCCC3)C1. The van der Waals surface area contributed by atoms with E-state index in [4.69, 9.17) is 9.72 Å². The van der Waals surface area contributed by atoms with Crippen molar-refractivity contribution < 1.29 is 9.53 Å². The molecule has 30 heavy (non-hydrogen) atoms. The van der Waals surface area contributed by atoms with E-state index in [-0.39, 0.29) is 17.9 Å². The number of aryl methyl sites for hydroxylation is 3. The van der Waals surface area contributed by atoms with E-state index >= 15 is 0 Å². The molecule has 0 amide bonds. The molecule has 1 aromatic heterocycles. The van der Waals surface area contributed by atoms with E-state index in [1.807, 2.05) is 18.2 Å². The second-order valence-corrected chi connectivity index (χ2v) is 8.77. The molecule has 2 aliphatic rings. The molecule has 1 saturated heterocycles. The van der Waals surface area contributed by atoms with Crippen LogP contribution >= 0.6 is 0 Å². The Kier molecular flexibility index (Phi) is 7.29. The fourth-order valence-electron chi connectivity index (χ4n) is 4.89. The standard InChI is InChI=1S/C26H34N2O2/c1-20(29)26(22-10-3-2-4-11-22)28-17-16-24(19-28)30-18-8-7-12-23-15-14-21-9-5-6-13-25(21)27-23/h2-4,10-11,14-15,24,26H,5-9,12-13,16-19H2,1H3/t24-,26+/m1/s1. The molecule has 0 saturated carbocycles. The molecule has 1 aliphatic heterocycles. The minimum Gasteiger partial charge on any atom is -0.377 e. The van der Waals surface area contributed by atoms with Crippen LogP contribution < -0.4 is 0 Å². The highest BCUT2D eigenvalue weighted by molar-refractivity contribution is 5.83. The Bertz CT molecular complexity index is 836. The summed E-state index contributed by atoms with van der Waals surface area (Å²) in [6, 6.07) is 14.5. The first-order valence-electron chi connectivity index (χ1n) is 11.6. The lowest BCUT2D eigenvalue weighted by Gasteiger charge is -2.26. The number of hydrogen-bond acceptors (Lipinski definition) is 4. The zero-order chi connectivity index (χ0) is 20.8. The summed E-state index contributed by atoms with van der Waals surface area (Å²) in [6.07, 6.45) is 9.38. The minimum absolute atomic E-state index is 0.144. The van der Waals surface area contributed by atoms with Crippen molar-refractivity contribution in [2.24, 2.45) is 0 Å². The van der Waals surface area contributed by atoms with Crippen molar-refractivity contribution in [2.75, 3.05) is 19.7 Å². The van der Waals surface area contributed by atoms with Gasteiger partial charge in [0.25, 0.3) is 0 Å². The summed E-state index contributed by atoms with van der Waals surface area (Å²) in [6.45, 7) is 4.24. The maximum atomic E-state index is 12.3. The molecule has 2 heterocycles. The Morgan fingerprint density at radius 2 is 1.97 bits per heavy atom. The van der Waals surface area contributed by atoms with Gasteiger partial charge < -0.3 is 4.74 Å². The van der Waals surface area contributed by atoms with Crippen molar-refractivity contribution >= 4 is 5.78 Å². The van der Waals surface area contributed by atoms with Crippen molar-refractivity contribution in [3.05, 3.63) is 65.0 Å². The fraction of sp³-hybridized carbons (Fsp3) is 0.538. The Hall–Kier alpha value is -2.04. The van der Waals surface area contributed by atoms with Gasteiger partial charge in [0.2, 0.25) is 0 Å². The minimum atomic E-state index is -0.144.